The number of nitrogens with two attached hydrogens (primary N) is 1. The van der Waals surface area contributed by atoms with Gasteiger partial charge in [-0.05, 0) is 42.7 Å². The maximum atomic E-state index is 13.6. The summed E-state index contributed by atoms with van der Waals surface area (Å²) in [5.74, 6) is -0.255. The van der Waals surface area contributed by atoms with E-state index in [1.807, 2.05) is 24.3 Å². The molecule has 0 aromatic heterocycles. The quantitative estimate of drug-likeness (QED) is 0.652. The Labute approximate surface area is 139 Å². The minimum atomic E-state index is -0.580. The van der Waals surface area contributed by atoms with E-state index in [2.05, 4.69) is 10.3 Å². The molecule has 1 fully saturated rings. The maximum absolute atomic E-state index is 13.6. The number of hydrogen-bond donors (Lipinski definition) is 2. The molecule has 24 heavy (non-hydrogen) atoms. The molecule has 0 aliphatic heterocycles. The third-order valence-electron chi connectivity index (χ3n) is 4.28. The Bertz CT molecular complexity index is 773. The molecule has 4 nitrogen and oxygen atoms in total. The van der Waals surface area contributed by atoms with Crippen LogP contribution in [0.15, 0.2) is 47.5 Å². The maximum Gasteiger partial charge on any atom is 0.193 e. The van der Waals surface area contributed by atoms with Crippen LogP contribution in [0.25, 0.3) is 0 Å². The minimum Gasteiger partial charge on any atom is -0.497 e. The average molecular weight is 331 g/mol. The number of guanidine groups is 1. The van der Waals surface area contributed by atoms with Crippen LogP contribution >= 0.6 is 0 Å². The van der Waals surface area contributed by atoms with Gasteiger partial charge >= 0.3 is 0 Å². The van der Waals surface area contributed by atoms with Crippen molar-refractivity contribution in [3.8, 4) is 5.75 Å². The van der Waals surface area contributed by atoms with E-state index in [4.69, 9.17) is 10.5 Å². The fourth-order valence-electron chi connectivity index (χ4n) is 2.65. The first-order valence-electron chi connectivity index (χ1n) is 7.69. The number of halogens is 2. The van der Waals surface area contributed by atoms with Crippen LogP contribution in [-0.2, 0) is 5.41 Å². The van der Waals surface area contributed by atoms with Gasteiger partial charge in [-0.1, -0.05) is 12.1 Å². The lowest BCUT2D eigenvalue weighted by molar-refractivity contribution is 0.413. The van der Waals surface area contributed by atoms with Crippen molar-refractivity contribution in [1.82, 2.24) is 0 Å². The molecule has 126 valence electrons. The van der Waals surface area contributed by atoms with Crippen molar-refractivity contribution in [2.45, 2.75) is 18.3 Å². The number of hydrogen-bond acceptors (Lipinski definition) is 2. The van der Waals surface area contributed by atoms with Crippen molar-refractivity contribution >= 4 is 11.6 Å². The molecule has 6 heteroatoms. The number of anilines is 1. The van der Waals surface area contributed by atoms with Crippen LogP contribution in [0, 0.1) is 11.6 Å². The molecule has 0 bridgehead atoms. The third-order valence-corrected chi connectivity index (χ3v) is 4.28. The number of rotatable bonds is 5. The molecule has 3 N–H and O–H groups in total. The second-order valence-electron chi connectivity index (χ2n) is 5.96. The van der Waals surface area contributed by atoms with Gasteiger partial charge in [0, 0.05) is 11.5 Å². The van der Waals surface area contributed by atoms with Crippen LogP contribution in [0.2, 0.25) is 0 Å². The van der Waals surface area contributed by atoms with Gasteiger partial charge in [-0.3, -0.25) is 4.99 Å². The fourth-order valence-corrected chi connectivity index (χ4v) is 2.65. The molecule has 0 heterocycles. The predicted molar refractivity (Wildman–Crippen MR) is 90.4 cm³/mol. The molecule has 0 unspecified atom stereocenters. The van der Waals surface area contributed by atoms with Crippen LogP contribution in [0.4, 0.5) is 14.5 Å². The number of methoxy groups -OCH3 is 1. The Morgan fingerprint density at radius 1 is 1.25 bits per heavy atom. The number of ether oxygens (including phenoxy) is 1. The molecular weight excluding hydrogens is 312 g/mol. The molecule has 1 aliphatic rings. The van der Waals surface area contributed by atoms with E-state index in [9.17, 15) is 8.78 Å². The zero-order chi connectivity index (χ0) is 17.2. The second kappa shape index (κ2) is 6.47. The summed E-state index contributed by atoms with van der Waals surface area (Å²) in [6.07, 6.45) is 2.01. The SMILES string of the molecule is COc1cccc(C2(CN=C(N)Nc3cc(F)ccc3F)CC2)c1. The van der Waals surface area contributed by atoms with Gasteiger partial charge in [0.1, 0.15) is 17.4 Å². The van der Waals surface area contributed by atoms with E-state index in [1.165, 1.54) is 0 Å². The Morgan fingerprint density at radius 2 is 2.04 bits per heavy atom. The second-order valence-corrected chi connectivity index (χ2v) is 5.96. The van der Waals surface area contributed by atoms with Gasteiger partial charge in [0.05, 0.1) is 19.3 Å². The van der Waals surface area contributed by atoms with Gasteiger partial charge in [0.2, 0.25) is 0 Å². The summed E-state index contributed by atoms with van der Waals surface area (Å²) in [4.78, 5) is 4.31. The largest absolute Gasteiger partial charge is 0.497 e. The summed E-state index contributed by atoms with van der Waals surface area (Å²) in [6, 6.07) is 11.0. The number of aliphatic imine (C=N–C) groups is 1. The summed E-state index contributed by atoms with van der Waals surface area (Å²) in [5, 5.41) is 2.61. The normalized spacial score (nSPS) is 15.9. The number of nitrogens with zero attached hydrogens (tertiary/aromatic N) is 1. The van der Waals surface area contributed by atoms with Gasteiger partial charge < -0.3 is 15.8 Å². The number of nitrogens with one attached hydrogen (secondary N) is 1. The van der Waals surface area contributed by atoms with Crippen molar-refractivity contribution < 1.29 is 13.5 Å². The highest BCUT2D eigenvalue weighted by Crippen LogP contribution is 2.49. The number of benzene rings is 2. The zero-order valence-electron chi connectivity index (χ0n) is 13.4. The molecule has 1 saturated carbocycles. The van der Waals surface area contributed by atoms with Crippen LogP contribution in [0.5, 0.6) is 5.75 Å². The molecule has 3 rings (SSSR count). The highest BCUT2D eigenvalue weighted by atomic mass is 19.1. The molecular formula is C18H19F2N3O. The third kappa shape index (κ3) is 3.48. The van der Waals surface area contributed by atoms with E-state index in [0.29, 0.717) is 6.54 Å². The lowest BCUT2D eigenvalue weighted by Gasteiger charge is -2.15. The van der Waals surface area contributed by atoms with Crippen LogP contribution in [0.3, 0.4) is 0 Å². The van der Waals surface area contributed by atoms with Crippen LogP contribution < -0.4 is 15.8 Å². The van der Waals surface area contributed by atoms with E-state index >= 15 is 0 Å². The highest BCUT2D eigenvalue weighted by molar-refractivity contribution is 5.92. The molecule has 1 aliphatic carbocycles. The van der Waals surface area contributed by atoms with Gasteiger partial charge in [0.15, 0.2) is 5.96 Å². The Morgan fingerprint density at radius 3 is 2.75 bits per heavy atom. The highest BCUT2D eigenvalue weighted by Gasteiger charge is 2.44. The predicted octanol–water partition coefficient (Wildman–Crippen LogP) is 3.43. The first kappa shape index (κ1) is 16.2. The first-order valence-corrected chi connectivity index (χ1v) is 7.69. The van der Waals surface area contributed by atoms with E-state index in [1.54, 1.807) is 7.11 Å². The average Bonchev–Trinajstić information content (AvgIpc) is 3.38. The monoisotopic (exact) mass is 331 g/mol. The smallest absolute Gasteiger partial charge is 0.193 e. The van der Waals surface area contributed by atoms with Crippen LogP contribution in [-0.4, -0.2) is 19.6 Å². The Kier molecular flexibility index (Phi) is 4.38. The molecule has 0 amide bonds. The summed E-state index contributed by atoms with van der Waals surface area (Å²) < 4.78 is 32.0. The topological polar surface area (TPSA) is 59.6 Å². The van der Waals surface area contributed by atoms with Gasteiger partial charge in [-0.15, -0.1) is 0 Å². The Balaban J connectivity index is 1.71. The summed E-state index contributed by atoms with van der Waals surface area (Å²) in [5.41, 5.74) is 6.89. The first-order chi connectivity index (χ1) is 11.5. The fraction of sp³-hybridized carbons (Fsp3) is 0.278. The van der Waals surface area contributed by atoms with Gasteiger partial charge in [0.25, 0.3) is 0 Å². The summed E-state index contributed by atoms with van der Waals surface area (Å²) >= 11 is 0. The van der Waals surface area contributed by atoms with E-state index in [0.717, 1.165) is 42.4 Å². The lowest BCUT2D eigenvalue weighted by Crippen LogP contribution is -2.25. The molecule has 0 radical (unpaired) electrons. The molecule has 2 aromatic rings. The molecule has 0 atom stereocenters. The van der Waals surface area contributed by atoms with Crippen molar-refractivity contribution in [3.63, 3.8) is 0 Å². The van der Waals surface area contributed by atoms with Crippen molar-refractivity contribution in [2.24, 2.45) is 10.7 Å². The Hall–Kier alpha value is -2.63. The van der Waals surface area contributed by atoms with Crippen molar-refractivity contribution in [1.29, 1.82) is 0 Å². The van der Waals surface area contributed by atoms with E-state index in [-0.39, 0.29) is 17.1 Å². The standard InChI is InChI=1S/C18H19F2N3O/c1-24-14-4-2-3-12(9-14)18(7-8-18)11-22-17(21)23-16-10-13(19)5-6-15(16)20/h2-6,9-10H,7-8,11H2,1H3,(H3,21,22,23). The molecule has 0 spiro atoms. The van der Waals surface area contributed by atoms with Crippen LogP contribution in [0.1, 0.15) is 18.4 Å². The minimum absolute atomic E-state index is 0.0255. The molecule has 0 saturated heterocycles. The lowest BCUT2D eigenvalue weighted by atomic mass is 9.96. The van der Waals surface area contributed by atoms with E-state index < -0.39 is 11.6 Å². The summed E-state index contributed by atoms with van der Waals surface area (Å²) in [7, 11) is 1.63. The van der Waals surface area contributed by atoms with Gasteiger partial charge in [-0.25, -0.2) is 8.78 Å². The van der Waals surface area contributed by atoms with Crippen molar-refractivity contribution in [2.75, 3.05) is 19.0 Å². The zero-order valence-corrected chi connectivity index (χ0v) is 13.4. The summed E-state index contributed by atoms with van der Waals surface area (Å²) in [6.45, 7) is 0.482. The van der Waals surface area contributed by atoms with Gasteiger partial charge in [-0.2, -0.15) is 0 Å². The van der Waals surface area contributed by atoms with Crippen molar-refractivity contribution in [3.05, 3.63) is 59.7 Å². The molecule has 2 aromatic carbocycles.